The largest absolute Gasteiger partial charge is 0.385 e. The summed E-state index contributed by atoms with van der Waals surface area (Å²) in [5, 5.41) is 11.0. The Morgan fingerprint density at radius 1 is 1.41 bits per heavy atom. The molecule has 4 atom stereocenters. The zero-order valence-corrected chi connectivity index (χ0v) is 18.1. The maximum atomic E-state index is 14.1. The van der Waals surface area contributed by atoms with E-state index in [0.29, 0.717) is 19.7 Å². The van der Waals surface area contributed by atoms with Gasteiger partial charge in [0.1, 0.15) is 5.60 Å². The average Bonchev–Trinajstić information content (AvgIpc) is 3.42. The number of carbonyl (C=O) groups is 2. The zero-order valence-electron chi connectivity index (χ0n) is 18.1. The first kappa shape index (κ1) is 21.5. The van der Waals surface area contributed by atoms with Crippen LogP contribution in [0, 0.1) is 17.8 Å². The molecule has 4 unspecified atom stereocenters. The van der Waals surface area contributed by atoms with Crippen LogP contribution in [0.3, 0.4) is 0 Å². The SMILES string of the molecule is COCCCN1CC23C=CC(O2)C(C(=O)N2CCC(O)(c4cccnc4F)CC2)C3C1=O. The van der Waals surface area contributed by atoms with E-state index in [1.807, 2.05) is 12.2 Å². The molecule has 2 bridgehead atoms. The molecule has 9 heteroatoms. The predicted molar refractivity (Wildman–Crippen MR) is 111 cm³/mol. The molecule has 32 heavy (non-hydrogen) atoms. The minimum atomic E-state index is -1.36. The summed E-state index contributed by atoms with van der Waals surface area (Å²) in [4.78, 5) is 33.8. The molecule has 1 N–H and O–H groups in total. The Balaban J connectivity index is 1.29. The zero-order chi connectivity index (χ0) is 22.5. The number of methoxy groups -OCH3 is 1. The maximum Gasteiger partial charge on any atom is 0.230 e. The number of nitrogens with zero attached hydrogens (tertiary/aromatic N) is 3. The van der Waals surface area contributed by atoms with Crippen molar-refractivity contribution in [3.8, 4) is 0 Å². The second-order valence-corrected chi connectivity index (χ2v) is 9.20. The number of aromatic nitrogens is 1. The van der Waals surface area contributed by atoms with Crippen LogP contribution in [0.5, 0.6) is 0 Å². The number of likely N-dealkylation sites (tertiary alicyclic amines) is 2. The standard InChI is InChI=1S/C23H28FN3O5/c1-31-13-3-10-27-14-23-6-5-16(32-23)17(18(23)21(27)29)20(28)26-11-7-22(30,8-12-26)15-4-2-9-25-19(15)24/h2,4-6,9,16-18,30H,3,7-8,10-14H2,1H3. The second kappa shape index (κ2) is 7.90. The normalized spacial score (nSPS) is 32.6. The van der Waals surface area contributed by atoms with E-state index in [0.717, 1.165) is 6.42 Å². The number of fused-ring (bicyclic) bond motifs is 1. The highest BCUT2D eigenvalue weighted by atomic mass is 19.1. The van der Waals surface area contributed by atoms with E-state index in [2.05, 4.69) is 4.98 Å². The van der Waals surface area contributed by atoms with Crippen molar-refractivity contribution in [2.75, 3.05) is 39.9 Å². The number of piperidine rings is 1. The predicted octanol–water partition coefficient (Wildman–Crippen LogP) is 0.849. The van der Waals surface area contributed by atoms with Crippen LogP contribution in [0.1, 0.15) is 24.8 Å². The van der Waals surface area contributed by atoms with Crippen molar-refractivity contribution in [2.24, 2.45) is 11.8 Å². The summed E-state index contributed by atoms with van der Waals surface area (Å²) < 4.78 is 25.4. The Morgan fingerprint density at radius 2 is 2.19 bits per heavy atom. The highest BCUT2D eigenvalue weighted by molar-refractivity contribution is 5.93. The molecular formula is C23H28FN3O5. The van der Waals surface area contributed by atoms with Gasteiger partial charge in [0.05, 0.1) is 30.1 Å². The summed E-state index contributed by atoms with van der Waals surface area (Å²) in [5.41, 5.74) is -1.93. The van der Waals surface area contributed by atoms with E-state index in [-0.39, 0.29) is 43.3 Å². The van der Waals surface area contributed by atoms with Crippen LogP contribution >= 0.6 is 0 Å². The Hall–Kier alpha value is -2.36. The molecule has 1 spiro atoms. The lowest BCUT2D eigenvalue weighted by atomic mass is 9.76. The van der Waals surface area contributed by atoms with Gasteiger partial charge >= 0.3 is 0 Å². The van der Waals surface area contributed by atoms with Gasteiger partial charge in [-0.15, -0.1) is 0 Å². The molecule has 1 aromatic heterocycles. The average molecular weight is 445 g/mol. The number of pyridine rings is 1. The summed E-state index contributed by atoms with van der Waals surface area (Å²) in [7, 11) is 1.63. The first-order valence-electron chi connectivity index (χ1n) is 11.2. The molecule has 5 rings (SSSR count). The summed E-state index contributed by atoms with van der Waals surface area (Å²) >= 11 is 0. The third kappa shape index (κ3) is 3.25. The van der Waals surface area contributed by atoms with Crippen molar-refractivity contribution >= 4 is 11.8 Å². The molecule has 4 aliphatic rings. The van der Waals surface area contributed by atoms with Crippen molar-refractivity contribution in [3.63, 3.8) is 0 Å². The monoisotopic (exact) mass is 445 g/mol. The lowest BCUT2D eigenvalue weighted by molar-refractivity contribution is -0.146. The van der Waals surface area contributed by atoms with E-state index in [9.17, 15) is 19.1 Å². The van der Waals surface area contributed by atoms with Gasteiger partial charge < -0.3 is 24.4 Å². The Morgan fingerprint density at radius 3 is 2.91 bits per heavy atom. The molecule has 5 heterocycles. The minimum Gasteiger partial charge on any atom is -0.385 e. The number of carbonyl (C=O) groups excluding carboxylic acids is 2. The van der Waals surface area contributed by atoms with Gasteiger partial charge in [0.2, 0.25) is 17.8 Å². The lowest BCUT2D eigenvalue weighted by Gasteiger charge is -2.40. The van der Waals surface area contributed by atoms with Gasteiger partial charge in [0, 0.05) is 45.1 Å². The molecule has 4 aliphatic heterocycles. The Kier molecular flexibility index (Phi) is 5.30. The summed E-state index contributed by atoms with van der Waals surface area (Å²) in [5.74, 6) is -1.96. The van der Waals surface area contributed by atoms with Crippen molar-refractivity contribution in [3.05, 3.63) is 42.0 Å². The number of rotatable bonds is 6. The first-order chi connectivity index (χ1) is 15.4. The van der Waals surface area contributed by atoms with E-state index < -0.39 is 35.1 Å². The van der Waals surface area contributed by atoms with E-state index in [4.69, 9.17) is 9.47 Å². The molecule has 0 aliphatic carbocycles. The number of aliphatic hydroxyl groups is 1. The lowest BCUT2D eigenvalue weighted by Crippen LogP contribution is -2.51. The second-order valence-electron chi connectivity index (χ2n) is 9.20. The third-order valence-electron chi connectivity index (χ3n) is 7.40. The molecule has 1 aromatic rings. The number of hydrogen-bond donors (Lipinski definition) is 1. The van der Waals surface area contributed by atoms with E-state index in [1.165, 1.54) is 12.3 Å². The molecule has 3 saturated heterocycles. The van der Waals surface area contributed by atoms with Crippen LogP contribution in [-0.4, -0.2) is 83.3 Å². The fourth-order valence-corrected chi connectivity index (χ4v) is 5.76. The van der Waals surface area contributed by atoms with Gasteiger partial charge in [-0.25, -0.2) is 4.98 Å². The third-order valence-corrected chi connectivity index (χ3v) is 7.40. The number of halogens is 1. The smallest absolute Gasteiger partial charge is 0.230 e. The Bertz CT molecular complexity index is 947. The van der Waals surface area contributed by atoms with Crippen molar-refractivity contribution in [2.45, 2.75) is 36.6 Å². The molecule has 8 nitrogen and oxygen atoms in total. The van der Waals surface area contributed by atoms with Crippen molar-refractivity contribution < 1.29 is 28.6 Å². The fraction of sp³-hybridized carbons (Fsp3) is 0.609. The summed E-state index contributed by atoms with van der Waals surface area (Å²) in [6.07, 6.45) is 5.93. The molecule has 0 radical (unpaired) electrons. The Labute approximate surface area is 186 Å². The van der Waals surface area contributed by atoms with Crippen LogP contribution in [0.25, 0.3) is 0 Å². The van der Waals surface area contributed by atoms with Gasteiger partial charge in [-0.2, -0.15) is 4.39 Å². The number of hydrogen-bond acceptors (Lipinski definition) is 6. The number of ether oxygens (including phenoxy) is 2. The molecule has 0 aromatic carbocycles. The van der Waals surface area contributed by atoms with Crippen LogP contribution < -0.4 is 0 Å². The molecular weight excluding hydrogens is 417 g/mol. The molecule has 2 amide bonds. The topological polar surface area (TPSA) is 92.2 Å². The van der Waals surface area contributed by atoms with Crippen molar-refractivity contribution in [1.82, 2.24) is 14.8 Å². The van der Waals surface area contributed by atoms with Gasteiger partial charge in [-0.3, -0.25) is 9.59 Å². The van der Waals surface area contributed by atoms with Gasteiger partial charge in [-0.1, -0.05) is 18.2 Å². The molecule has 0 saturated carbocycles. The number of amides is 2. The van der Waals surface area contributed by atoms with Gasteiger partial charge in [0.15, 0.2) is 0 Å². The van der Waals surface area contributed by atoms with E-state index in [1.54, 1.807) is 23.0 Å². The van der Waals surface area contributed by atoms with E-state index >= 15 is 0 Å². The quantitative estimate of drug-likeness (QED) is 0.397. The summed E-state index contributed by atoms with van der Waals surface area (Å²) in [6, 6.07) is 3.13. The maximum absolute atomic E-state index is 14.1. The molecule has 3 fully saturated rings. The van der Waals surface area contributed by atoms with Gasteiger partial charge in [0.25, 0.3) is 0 Å². The summed E-state index contributed by atoms with van der Waals surface area (Å²) in [6.45, 7) is 2.15. The van der Waals surface area contributed by atoms with Crippen LogP contribution in [-0.2, 0) is 24.7 Å². The first-order valence-corrected chi connectivity index (χ1v) is 11.2. The van der Waals surface area contributed by atoms with Crippen LogP contribution in [0.15, 0.2) is 30.5 Å². The van der Waals surface area contributed by atoms with Crippen LogP contribution in [0.2, 0.25) is 0 Å². The van der Waals surface area contributed by atoms with Crippen molar-refractivity contribution in [1.29, 1.82) is 0 Å². The minimum absolute atomic E-state index is 0.0442. The van der Waals surface area contributed by atoms with Gasteiger partial charge in [-0.05, 0) is 25.3 Å². The fourth-order valence-electron chi connectivity index (χ4n) is 5.76. The highest BCUT2D eigenvalue weighted by Crippen LogP contribution is 2.52. The molecule has 172 valence electrons. The highest BCUT2D eigenvalue weighted by Gasteiger charge is 2.67. The van der Waals surface area contributed by atoms with Crippen LogP contribution in [0.4, 0.5) is 4.39 Å².